The second-order valence-electron chi connectivity index (χ2n) is 4.21. The first-order valence-electron chi connectivity index (χ1n) is 5.69. The second kappa shape index (κ2) is 6.63. The van der Waals surface area contributed by atoms with E-state index in [0.717, 1.165) is 5.56 Å². The van der Waals surface area contributed by atoms with Gasteiger partial charge in [0.05, 0.1) is 10.6 Å². The van der Waals surface area contributed by atoms with Crippen LogP contribution in [0, 0.1) is 6.92 Å². The number of hydrogen-bond acceptors (Lipinski definition) is 4. The molecule has 7 heteroatoms. The molecule has 0 bridgehead atoms. The van der Waals surface area contributed by atoms with Crippen LogP contribution in [0.1, 0.15) is 18.9 Å². The van der Waals surface area contributed by atoms with Gasteiger partial charge in [0, 0.05) is 12.1 Å². The lowest BCUT2D eigenvalue weighted by molar-refractivity contribution is 0.596. The summed E-state index contributed by atoms with van der Waals surface area (Å²) in [6.45, 7) is 3.63. The minimum Gasteiger partial charge on any atom is -0.375 e. The fourth-order valence-electron chi connectivity index (χ4n) is 1.35. The molecule has 1 aromatic carbocycles. The van der Waals surface area contributed by atoms with E-state index >= 15 is 0 Å². The maximum atomic E-state index is 12.1. The van der Waals surface area contributed by atoms with Crippen LogP contribution < -0.4 is 11.2 Å². The van der Waals surface area contributed by atoms with Crippen molar-refractivity contribution in [3.8, 4) is 0 Å². The van der Waals surface area contributed by atoms with Crippen LogP contribution in [0.25, 0.3) is 0 Å². The Bertz CT molecular complexity index is 577. The largest absolute Gasteiger partial charge is 0.375 e. The summed E-state index contributed by atoms with van der Waals surface area (Å²) in [4.78, 5) is 0.327. The topological polar surface area (TPSA) is 84.5 Å². The summed E-state index contributed by atoms with van der Waals surface area (Å²) < 4.78 is 24.1. The SMILES string of the molecule is CC(CCS(=O)(=O)c1ccc(C)cc1)=NNC(N)=S. The van der Waals surface area contributed by atoms with Crippen molar-refractivity contribution >= 4 is 32.9 Å². The number of hydrogen-bond donors (Lipinski definition) is 2. The molecule has 104 valence electrons. The van der Waals surface area contributed by atoms with Gasteiger partial charge in [0.1, 0.15) is 0 Å². The zero-order valence-corrected chi connectivity index (χ0v) is 12.5. The third-order valence-corrected chi connectivity index (χ3v) is 4.29. The van der Waals surface area contributed by atoms with Crippen molar-refractivity contribution in [3.05, 3.63) is 29.8 Å². The Kier molecular flexibility index (Phi) is 5.44. The van der Waals surface area contributed by atoms with Gasteiger partial charge in [-0.25, -0.2) is 8.42 Å². The second-order valence-corrected chi connectivity index (χ2v) is 6.75. The number of hydrazone groups is 1. The monoisotopic (exact) mass is 299 g/mol. The lowest BCUT2D eigenvalue weighted by Crippen LogP contribution is -2.25. The molecule has 0 aliphatic rings. The average molecular weight is 299 g/mol. The van der Waals surface area contributed by atoms with Gasteiger partial charge in [-0.1, -0.05) is 17.7 Å². The van der Waals surface area contributed by atoms with Gasteiger partial charge in [-0.2, -0.15) is 5.10 Å². The number of rotatable bonds is 5. The van der Waals surface area contributed by atoms with Gasteiger partial charge in [0.2, 0.25) is 0 Å². The number of nitrogens with one attached hydrogen (secondary N) is 1. The molecular weight excluding hydrogens is 282 g/mol. The highest BCUT2D eigenvalue weighted by atomic mass is 32.2. The van der Waals surface area contributed by atoms with Crippen molar-refractivity contribution in [3.63, 3.8) is 0 Å². The normalized spacial score (nSPS) is 12.2. The number of aryl methyl sites for hydroxylation is 1. The van der Waals surface area contributed by atoms with Crippen LogP contribution >= 0.6 is 12.2 Å². The Morgan fingerprint density at radius 2 is 1.95 bits per heavy atom. The Labute approximate surface area is 118 Å². The van der Waals surface area contributed by atoms with E-state index in [9.17, 15) is 8.42 Å². The van der Waals surface area contributed by atoms with Crippen LogP contribution in [0.3, 0.4) is 0 Å². The van der Waals surface area contributed by atoms with Crippen LogP contribution in [0.15, 0.2) is 34.3 Å². The number of nitrogens with zero attached hydrogens (tertiary/aromatic N) is 1. The number of benzene rings is 1. The minimum absolute atomic E-state index is 0.00437. The van der Waals surface area contributed by atoms with Crippen LogP contribution in [0.5, 0.6) is 0 Å². The van der Waals surface area contributed by atoms with Gasteiger partial charge in [-0.3, -0.25) is 5.43 Å². The quantitative estimate of drug-likeness (QED) is 0.487. The summed E-state index contributed by atoms with van der Waals surface area (Å²) in [5.74, 6) is 0.00437. The molecule has 0 unspecified atom stereocenters. The van der Waals surface area contributed by atoms with E-state index in [-0.39, 0.29) is 10.9 Å². The molecule has 0 saturated carbocycles. The summed E-state index contributed by atoms with van der Waals surface area (Å²) in [5, 5.41) is 3.93. The van der Waals surface area contributed by atoms with E-state index in [4.69, 9.17) is 5.73 Å². The van der Waals surface area contributed by atoms with Crippen molar-refractivity contribution in [2.45, 2.75) is 25.2 Å². The smallest absolute Gasteiger partial charge is 0.184 e. The Hall–Kier alpha value is -1.47. The summed E-state index contributed by atoms with van der Waals surface area (Å²) in [5.41, 5.74) is 9.31. The Morgan fingerprint density at radius 1 is 1.37 bits per heavy atom. The highest BCUT2D eigenvalue weighted by Crippen LogP contribution is 2.13. The average Bonchev–Trinajstić information content (AvgIpc) is 2.34. The van der Waals surface area contributed by atoms with Crippen LogP contribution in [0.2, 0.25) is 0 Å². The van der Waals surface area contributed by atoms with E-state index in [1.807, 2.05) is 6.92 Å². The predicted octanol–water partition coefficient (Wildman–Crippen LogP) is 1.37. The molecule has 0 radical (unpaired) electrons. The van der Waals surface area contributed by atoms with E-state index in [1.54, 1.807) is 31.2 Å². The molecule has 0 fully saturated rings. The summed E-state index contributed by atoms with van der Waals surface area (Å²) >= 11 is 4.60. The molecule has 0 amide bonds. The summed E-state index contributed by atoms with van der Waals surface area (Å²) in [7, 11) is -3.28. The van der Waals surface area contributed by atoms with Gasteiger partial charge < -0.3 is 5.73 Å². The molecule has 1 rings (SSSR count). The third-order valence-electron chi connectivity index (χ3n) is 2.47. The van der Waals surface area contributed by atoms with Gasteiger partial charge >= 0.3 is 0 Å². The minimum atomic E-state index is -3.28. The zero-order valence-electron chi connectivity index (χ0n) is 10.9. The van der Waals surface area contributed by atoms with Crippen molar-refractivity contribution in [2.75, 3.05) is 5.75 Å². The van der Waals surface area contributed by atoms with Crippen molar-refractivity contribution in [1.82, 2.24) is 5.43 Å². The highest BCUT2D eigenvalue weighted by molar-refractivity contribution is 7.91. The highest BCUT2D eigenvalue weighted by Gasteiger charge is 2.14. The molecule has 0 heterocycles. The lowest BCUT2D eigenvalue weighted by atomic mass is 10.2. The molecule has 0 aliphatic heterocycles. The fourth-order valence-corrected chi connectivity index (χ4v) is 2.75. The van der Waals surface area contributed by atoms with Crippen LogP contribution in [0.4, 0.5) is 0 Å². The van der Waals surface area contributed by atoms with Gasteiger partial charge in [0.15, 0.2) is 14.9 Å². The molecule has 3 N–H and O–H groups in total. The zero-order chi connectivity index (χ0) is 14.5. The van der Waals surface area contributed by atoms with Crippen molar-refractivity contribution < 1.29 is 8.42 Å². The molecule has 0 aliphatic carbocycles. The Morgan fingerprint density at radius 3 is 2.47 bits per heavy atom. The molecule has 0 saturated heterocycles. The fraction of sp³-hybridized carbons (Fsp3) is 0.333. The molecule has 1 aromatic rings. The molecule has 0 atom stereocenters. The van der Waals surface area contributed by atoms with E-state index < -0.39 is 9.84 Å². The summed E-state index contributed by atoms with van der Waals surface area (Å²) in [6.07, 6.45) is 0.325. The van der Waals surface area contributed by atoms with Crippen LogP contribution in [-0.4, -0.2) is 25.0 Å². The molecular formula is C12H17N3O2S2. The van der Waals surface area contributed by atoms with Crippen molar-refractivity contribution in [1.29, 1.82) is 0 Å². The van der Waals surface area contributed by atoms with E-state index in [0.29, 0.717) is 17.0 Å². The number of nitrogens with two attached hydrogens (primary N) is 1. The lowest BCUT2D eigenvalue weighted by Gasteiger charge is -2.05. The molecule has 0 spiro atoms. The predicted molar refractivity (Wildman–Crippen MR) is 80.9 cm³/mol. The first-order chi connectivity index (χ1) is 8.81. The molecule has 5 nitrogen and oxygen atoms in total. The summed E-state index contributed by atoms with van der Waals surface area (Å²) in [6, 6.07) is 6.79. The Balaban J connectivity index is 2.68. The number of thiocarbonyl (C=S) groups is 1. The maximum absolute atomic E-state index is 12.1. The molecule has 0 aromatic heterocycles. The first-order valence-corrected chi connectivity index (χ1v) is 7.75. The van der Waals surface area contributed by atoms with E-state index in [1.165, 1.54) is 0 Å². The maximum Gasteiger partial charge on any atom is 0.184 e. The molecule has 19 heavy (non-hydrogen) atoms. The number of sulfone groups is 1. The third kappa shape index (κ3) is 5.35. The van der Waals surface area contributed by atoms with Gasteiger partial charge in [-0.05, 0) is 38.2 Å². The van der Waals surface area contributed by atoms with Crippen LogP contribution in [-0.2, 0) is 9.84 Å². The van der Waals surface area contributed by atoms with E-state index in [2.05, 4.69) is 22.7 Å². The van der Waals surface area contributed by atoms with Gasteiger partial charge in [0.25, 0.3) is 0 Å². The van der Waals surface area contributed by atoms with Gasteiger partial charge in [-0.15, -0.1) is 0 Å². The van der Waals surface area contributed by atoms with Crippen molar-refractivity contribution in [2.24, 2.45) is 10.8 Å². The first kappa shape index (κ1) is 15.6. The standard InChI is InChI=1S/C12H17N3O2S2/c1-9-3-5-11(6-4-9)19(16,17)8-7-10(2)14-15-12(13)18/h3-6H,7-8H2,1-2H3,(H3,13,15,18).